The van der Waals surface area contributed by atoms with Gasteiger partial charge in [0.05, 0.1) is 13.2 Å². The zero-order valence-corrected chi connectivity index (χ0v) is 13.1. The predicted molar refractivity (Wildman–Crippen MR) is 78.4 cm³/mol. The summed E-state index contributed by atoms with van der Waals surface area (Å²) in [5.41, 5.74) is 6.91. The zero-order valence-electron chi connectivity index (χ0n) is 12.2. The van der Waals surface area contributed by atoms with Crippen molar-refractivity contribution in [1.82, 2.24) is 0 Å². The maximum absolute atomic E-state index is 12.3. The molecule has 0 N–H and O–H groups in total. The molecule has 0 atom stereocenters. The first-order valence-corrected chi connectivity index (χ1v) is 7.96. The molecule has 0 saturated carbocycles. The van der Waals surface area contributed by atoms with E-state index in [0.29, 0.717) is 13.2 Å². The summed E-state index contributed by atoms with van der Waals surface area (Å²) in [7, 11) is -3.30. The minimum Gasteiger partial charge on any atom is -0.300 e. The molecular weight excluding hydrogens is 259 g/mol. The summed E-state index contributed by atoms with van der Waals surface area (Å²) in [6, 6.07) is 4.12. The Kier molecular flexibility index (Phi) is 5.82. The fourth-order valence-corrected chi connectivity index (χ4v) is 3.08. The van der Waals surface area contributed by atoms with E-state index in [0.717, 1.165) is 16.7 Å². The lowest BCUT2D eigenvalue weighted by molar-refractivity contribution is 0.230. The van der Waals surface area contributed by atoms with Crippen molar-refractivity contribution in [3.8, 4) is 11.6 Å². The molecule has 0 fully saturated rings. The molecule has 0 radical (unpaired) electrons. The van der Waals surface area contributed by atoms with Gasteiger partial charge < -0.3 is 0 Å². The molecule has 0 saturated heterocycles. The van der Waals surface area contributed by atoms with Gasteiger partial charge in [0.15, 0.2) is 0 Å². The van der Waals surface area contributed by atoms with Gasteiger partial charge in [-0.1, -0.05) is 23.6 Å². The highest BCUT2D eigenvalue weighted by Crippen LogP contribution is 2.46. The molecule has 0 aliphatic carbocycles. The van der Waals surface area contributed by atoms with Crippen molar-refractivity contribution in [2.45, 2.75) is 34.6 Å². The van der Waals surface area contributed by atoms with E-state index in [1.807, 2.05) is 20.8 Å². The Labute approximate surface area is 115 Å². The molecule has 1 aromatic rings. The summed E-state index contributed by atoms with van der Waals surface area (Å²) in [6.45, 7) is 10.2. The van der Waals surface area contributed by atoms with E-state index in [1.54, 1.807) is 13.8 Å². The van der Waals surface area contributed by atoms with Crippen molar-refractivity contribution in [1.29, 1.82) is 0 Å². The normalized spacial score (nSPS) is 11.0. The zero-order chi connectivity index (χ0) is 14.5. The van der Waals surface area contributed by atoms with E-state index in [-0.39, 0.29) is 0 Å². The number of aryl methyl sites for hydroxylation is 3. The van der Waals surface area contributed by atoms with Crippen LogP contribution in [0.3, 0.4) is 0 Å². The van der Waals surface area contributed by atoms with E-state index in [1.165, 1.54) is 5.56 Å². The Balaban J connectivity index is 3.15. The second kappa shape index (κ2) is 6.91. The third-order valence-electron chi connectivity index (χ3n) is 2.59. The van der Waals surface area contributed by atoms with Gasteiger partial charge in [-0.2, -0.15) is 0 Å². The lowest BCUT2D eigenvalue weighted by Crippen LogP contribution is -1.94. The summed E-state index contributed by atoms with van der Waals surface area (Å²) >= 11 is 0. The van der Waals surface area contributed by atoms with Gasteiger partial charge in [-0.25, -0.2) is 4.57 Å². The van der Waals surface area contributed by atoms with Crippen LogP contribution in [0.5, 0.6) is 0 Å². The first-order chi connectivity index (χ1) is 8.91. The van der Waals surface area contributed by atoms with E-state index < -0.39 is 7.60 Å². The quantitative estimate of drug-likeness (QED) is 0.613. The molecule has 19 heavy (non-hydrogen) atoms. The van der Waals surface area contributed by atoms with Crippen molar-refractivity contribution >= 4 is 7.60 Å². The minimum absolute atomic E-state index is 0.317. The van der Waals surface area contributed by atoms with Gasteiger partial charge in [0, 0.05) is 11.2 Å². The molecule has 1 aromatic carbocycles. The SMILES string of the molecule is CCOP(=O)(C#Cc1c(C)cc(C)cc1C)OCC. The van der Waals surface area contributed by atoms with Crippen molar-refractivity contribution in [2.24, 2.45) is 0 Å². The molecule has 104 valence electrons. The Morgan fingerprint density at radius 2 is 1.53 bits per heavy atom. The molecule has 0 heterocycles. The van der Waals surface area contributed by atoms with Gasteiger partial charge in [0.1, 0.15) is 0 Å². The van der Waals surface area contributed by atoms with Gasteiger partial charge >= 0.3 is 7.60 Å². The van der Waals surface area contributed by atoms with Crippen LogP contribution in [-0.4, -0.2) is 13.2 Å². The monoisotopic (exact) mass is 280 g/mol. The summed E-state index contributed by atoms with van der Waals surface area (Å²) in [4.78, 5) is 0. The minimum atomic E-state index is -3.30. The van der Waals surface area contributed by atoms with Gasteiger partial charge in [-0.05, 0) is 45.7 Å². The summed E-state index contributed by atoms with van der Waals surface area (Å²) < 4.78 is 22.6. The Morgan fingerprint density at radius 1 is 1.05 bits per heavy atom. The third-order valence-corrected chi connectivity index (χ3v) is 4.17. The lowest BCUT2D eigenvalue weighted by Gasteiger charge is -2.10. The van der Waals surface area contributed by atoms with E-state index >= 15 is 0 Å². The molecule has 0 aliphatic heterocycles. The smallest absolute Gasteiger partial charge is 0.300 e. The highest BCUT2D eigenvalue weighted by atomic mass is 31.2. The maximum Gasteiger partial charge on any atom is 0.405 e. The summed E-state index contributed by atoms with van der Waals surface area (Å²) in [5.74, 6) is 2.96. The number of hydrogen-bond donors (Lipinski definition) is 0. The van der Waals surface area contributed by atoms with Gasteiger partial charge in [0.25, 0.3) is 0 Å². The van der Waals surface area contributed by atoms with Crippen LogP contribution in [0.4, 0.5) is 0 Å². The molecule has 4 heteroatoms. The molecular formula is C15H21O3P. The fraction of sp³-hybridized carbons (Fsp3) is 0.467. The van der Waals surface area contributed by atoms with Crippen LogP contribution in [0.1, 0.15) is 36.1 Å². The van der Waals surface area contributed by atoms with E-state index in [4.69, 9.17) is 9.05 Å². The number of rotatable bonds is 4. The van der Waals surface area contributed by atoms with Crippen molar-refractivity contribution in [2.75, 3.05) is 13.2 Å². The second-order valence-corrected chi connectivity index (χ2v) is 6.08. The van der Waals surface area contributed by atoms with Gasteiger partial charge in [0.2, 0.25) is 0 Å². The van der Waals surface area contributed by atoms with Crippen LogP contribution in [0.15, 0.2) is 12.1 Å². The third kappa shape index (κ3) is 4.51. The average Bonchev–Trinajstić information content (AvgIpc) is 2.27. The number of hydrogen-bond acceptors (Lipinski definition) is 3. The predicted octanol–water partition coefficient (Wildman–Crippen LogP) is 4.19. The van der Waals surface area contributed by atoms with Crippen LogP contribution in [0.25, 0.3) is 0 Å². The molecule has 0 bridgehead atoms. The molecule has 1 rings (SSSR count). The molecule has 0 aliphatic rings. The summed E-state index contributed by atoms with van der Waals surface area (Å²) in [6.07, 6.45) is 0. The van der Waals surface area contributed by atoms with E-state index in [2.05, 4.69) is 23.7 Å². The topological polar surface area (TPSA) is 35.5 Å². The lowest BCUT2D eigenvalue weighted by atomic mass is 10.0. The Hall–Kier alpha value is -1.07. The molecule has 0 spiro atoms. The fourth-order valence-electron chi connectivity index (χ4n) is 1.94. The van der Waals surface area contributed by atoms with Crippen LogP contribution in [0, 0.1) is 32.4 Å². The molecule has 0 amide bonds. The molecule has 3 nitrogen and oxygen atoms in total. The number of benzene rings is 1. The standard InChI is InChI=1S/C15H21O3P/c1-6-17-19(16,18-7-2)9-8-15-13(4)10-12(3)11-14(15)5/h10-11H,6-7H2,1-5H3. The van der Waals surface area contributed by atoms with Crippen LogP contribution >= 0.6 is 7.60 Å². The van der Waals surface area contributed by atoms with Gasteiger partial charge in [-0.15, -0.1) is 0 Å². The Morgan fingerprint density at radius 3 is 1.95 bits per heavy atom. The first-order valence-electron chi connectivity index (χ1n) is 6.42. The van der Waals surface area contributed by atoms with Crippen molar-refractivity contribution in [3.05, 3.63) is 34.4 Å². The highest BCUT2D eigenvalue weighted by Gasteiger charge is 2.19. The Bertz CT molecular complexity index is 519. The van der Waals surface area contributed by atoms with Gasteiger partial charge in [-0.3, -0.25) is 9.05 Å². The second-order valence-electron chi connectivity index (χ2n) is 4.34. The largest absolute Gasteiger partial charge is 0.405 e. The van der Waals surface area contributed by atoms with Crippen molar-refractivity contribution < 1.29 is 13.6 Å². The van der Waals surface area contributed by atoms with Crippen molar-refractivity contribution in [3.63, 3.8) is 0 Å². The van der Waals surface area contributed by atoms with Crippen LogP contribution in [-0.2, 0) is 13.6 Å². The first kappa shape index (κ1) is 16.0. The van der Waals surface area contributed by atoms with E-state index in [9.17, 15) is 4.57 Å². The van der Waals surface area contributed by atoms with Crippen LogP contribution in [0.2, 0.25) is 0 Å². The van der Waals surface area contributed by atoms with Crippen LogP contribution < -0.4 is 0 Å². The average molecular weight is 280 g/mol. The molecule has 0 aromatic heterocycles. The summed E-state index contributed by atoms with van der Waals surface area (Å²) in [5, 5.41) is 0. The highest BCUT2D eigenvalue weighted by molar-refractivity contribution is 7.59. The molecule has 0 unspecified atom stereocenters. The maximum atomic E-state index is 12.3.